The van der Waals surface area contributed by atoms with E-state index >= 15 is 0 Å². The number of rotatable bonds is 2. The largest absolute Gasteiger partial charge is 0.465 e. The number of piperazine rings is 1. The van der Waals surface area contributed by atoms with Gasteiger partial charge in [-0.2, -0.15) is 5.10 Å². The lowest BCUT2D eigenvalue weighted by atomic mass is 10.3. The van der Waals surface area contributed by atoms with Crippen LogP contribution in [0.4, 0.5) is 10.7 Å². The second-order valence-corrected chi connectivity index (χ2v) is 5.11. The van der Waals surface area contributed by atoms with E-state index in [1.54, 1.807) is 11.5 Å². The minimum Gasteiger partial charge on any atom is -0.465 e. The maximum absolute atomic E-state index is 12.1. The number of carboxylic acid groups (broad SMARTS) is 1. The Kier molecular flexibility index (Phi) is 3.89. The monoisotopic (exact) mass is 316 g/mol. The van der Waals surface area contributed by atoms with Crippen LogP contribution < -0.4 is 10.5 Å². The average molecular weight is 316 g/mol. The number of hydrogen-bond donors (Lipinski definition) is 2. The molecule has 0 atom stereocenters. The first-order valence-electron chi connectivity index (χ1n) is 7.18. The lowest BCUT2D eigenvalue weighted by Gasteiger charge is -2.33. The van der Waals surface area contributed by atoms with Gasteiger partial charge in [-0.25, -0.2) is 14.9 Å². The molecule has 9 nitrogen and oxygen atoms in total. The number of carbonyl (C=O) groups is 1. The molecule has 3 heterocycles. The Labute approximate surface area is 131 Å². The SMILES string of the molecule is CC#CCn1c(N2CCN(C(=O)O)CC2)nc2cn[nH]c(=O)c21. The molecule has 1 fully saturated rings. The number of aromatic amines is 1. The molecule has 3 rings (SSSR count). The van der Waals surface area contributed by atoms with Crippen LogP contribution in [0.25, 0.3) is 11.0 Å². The van der Waals surface area contributed by atoms with Crippen molar-refractivity contribution in [1.82, 2.24) is 24.6 Å². The van der Waals surface area contributed by atoms with Crippen LogP contribution in [0.2, 0.25) is 0 Å². The zero-order chi connectivity index (χ0) is 16.4. The van der Waals surface area contributed by atoms with Gasteiger partial charge in [-0.1, -0.05) is 5.92 Å². The van der Waals surface area contributed by atoms with E-state index in [0.717, 1.165) is 0 Å². The number of hydrogen-bond acceptors (Lipinski definition) is 5. The van der Waals surface area contributed by atoms with E-state index in [-0.39, 0.29) is 5.56 Å². The molecule has 0 aromatic carbocycles. The maximum atomic E-state index is 12.1. The van der Waals surface area contributed by atoms with Crippen molar-refractivity contribution in [2.24, 2.45) is 0 Å². The van der Waals surface area contributed by atoms with Crippen LogP contribution in [0.3, 0.4) is 0 Å². The van der Waals surface area contributed by atoms with E-state index in [1.165, 1.54) is 11.1 Å². The highest BCUT2D eigenvalue weighted by Crippen LogP contribution is 2.20. The quantitative estimate of drug-likeness (QED) is 0.752. The highest BCUT2D eigenvalue weighted by atomic mass is 16.4. The normalized spacial score (nSPS) is 14.7. The van der Waals surface area contributed by atoms with Gasteiger partial charge in [0.25, 0.3) is 5.56 Å². The van der Waals surface area contributed by atoms with E-state index in [0.29, 0.717) is 49.7 Å². The van der Waals surface area contributed by atoms with Crippen LogP contribution in [-0.2, 0) is 6.54 Å². The van der Waals surface area contributed by atoms with E-state index in [2.05, 4.69) is 27.0 Å². The standard InChI is InChI=1S/C14H16N6O3/c1-2-3-4-20-11-10(9-15-17-12(11)21)16-13(20)18-5-7-19(8-6-18)14(22)23/h9H,4-8H2,1H3,(H,17,21)(H,22,23). The van der Waals surface area contributed by atoms with Gasteiger partial charge in [-0.15, -0.1) is 5.92 Å². The van der Waals surface area contributed by atoms with Crippen molar-refractivity contribution in [2.45, 2.75) is 13.5 Å². The van der Waals surface area contributed by atoms with Crippen LogP contribution in [0.1, 0.15) is 6.92 Å². The molecule has 120 valence electrons. The molecule has 1 aliphatic heterocycles. The maximum Gasteiger partial charge on any atom is 0.407 e. The fraction of sp³-hybridized carbons (Fsp3) is 0.429. The number of nitrogens with zero attached hydrogens (tertiary/aromatic N) is 5. The minimum atomic E-state index is -0.921. The van der Waals surface area contributed by atoms with Gasteiger partial charge < -0.3 is 14.9 Å². The molecule has 1 saturated heterocycles. The number of fused-ring (bicyclic) bond motifs is 1. The van der Waals surface area contributed by atoms with Gasteiger partial charge in [0.15, 0.2) is 0 Å². The van der Waals surface area contributed by atoms with Gasteiger partial charge in [0, 0.05) is 26.2 Å². The van der Waals surface area contributed by atoms with Crippen molar-refractivity contribution >= 4 is 23.1 Å². The molecule has 23 heavy (non-hydrogen) atoms. The third-order valence-electron chi connectivity index (χ3n) is 3.79. The Bertz CT molecular complexity index is 851. The fourth-order valence-corrected chi connectivity index (χ4v) is 2.64. The van der Waals surface area contributed by atoms with Crippen LogP contribution in [0.15, 0.2) is 11.0 Å². The highest BCUT2D eigenvalue weighted by Gasteiger charge is 2.25. The first-order chi connectivity index (χ1) is 11.1. The van der Waals surface area contributed by atoms with Crippen LogP contribution >= 0.6 is 0 Å². The summed E-state index contributed by atoms with van der Waals surface area (Å²) in [7, 11) is 0. The summed E-state index contributed by atoms with van der Waals surface area (Å²) in [5.41, 5.74) is 0.615. The van der Waals surface area contributed by atoms with Crippen molar-refractivity contribution in [3.05, 3.63) is 16.6 Å². The van der Waals surface area contributed by atoms with E-state index in [9.17, 15) is 9.59 Å². The summed E-state index contributed by atoms with van der Waals surface area (Å²) in [6.45, 7) is 3.89. The van der Waals surface area contributed by atoms with Crippen molar-refractivity contribution in [1.29, 1.82) is 0 Å². The Morgan fingerprint density at radius 2 is 2.13 bits per heavy atom. The van der Waals surface area contributed by atoms with Crippen LogP contribution in [0, 0.1) is 11.8 Å². The molecule has 0 unspecified atom stereocenters. The number of aromatic nitrogens is 4. The van der Waals surface area contributed by atoms with Crippen molar-refractivity contribution in [3.8, 4) is 11.8 Å². The topological polar surface area (TPSA) is 107 Å². The molecule has 2 aromatic heterocycles. The lowest BCUT2D eigenvalue weighted by molar-refractivity contribution is 0.142. The van der Waals surface area contributed by atoms with Gasteiger partial charge in [0.2, 0.25) is 5.95 Å². The van der Waals surface area contributed by atoms with Gasteiger partial charge in [-0.05, 0) is 6.92 Å². The van der Waals surface area contributed by atoms with E-state index in [4.69, 9.17) is 5.11 Å². The van der Waals surface area contributed by atoms with Crippen molar-refractivity contribution < 1.29 is 9.90 Å². The van der Waals surface area contributed by atoms with Crippen LogP contribution in [0.5, 0.6) is 0 Å². The second-order valence-electron chi connectivity index (χ2n) is 5.11. The minimum absolute atomic E-state index is 0.316. The predicted molar refractivity (Wildman–Crippen MR) is 83.4 cm³/mol. The summed E-state index contributed by atoms with van der Waals surface area (Å²) in [5, 5.41) is 15.2. The summed E-state index contributed by atoms with van der Waals surface area (Å²) in [6.07, 6.45) is 0.583. The van der Waals surface area contributed by atoms with Gasteiger partial charge in [-0.3, -0.25) is 9.36 Å². The molecule has 0 bridgehead atoms. The third kappa shape index (κ3) is 2.70. The second kappa shape index (κ2) is 6.00. The third-order valence-corrected chi connectivity index (χ3v) is 3.79. The van der Waals surface area contributed by atoms with Gasteiger partial charge in [0.1, 0.15) is 11.0 Å². The molecular formula is C14H16N6O3. The molecule has 1 amide bonds. The molecule has 2 N–H and O–H groups in total. The Hall–Kier alpha value is -3.02. The highest BCUT2D eigenvalue weighted by molar-refractivity contribution is 5.77. The number of amides is 1. The van der Waals surface area contributed by atoms with E-state index < -0.39 is 6.09 Å². The molecule has 9 heteroatoms. The Morgan fingerprint density at radius 1 is 1.39 bits per heavy atom. The molecule has 2 aromatic rings. The molecule has 0 saturated carbocycles. The van der Waals surface area contributed by atoms with Crippen molar-refractivity contribution in [2.75, 3.05) is 31.1 Å². The van der Waals surface area contributed by atoms with E-state index in [1.807, 2.05) is 4.90 Å². The summed E-state index contributed by atoms with van der Waals surface area (Å²) in [6, 6.07) is 0. The van der Waals surface area contributed by atoms with Crippen molar-refractivity contribution in [3.63, 3.8) is 0 Å². The average Bonchev–Trinajstić information content (AvgIpc) is 2.93. The lowest BCUT2D eigenvalue weighted by Crippen LogP contribution is -2.49. The molecular weight excluding hydrogens is 300 g/mol. The molecule has 0 radical (unpaired) electrons. The number of nitrogens with one attached hydrogen (secondary N) is 1. The summed E-state index contributed by atoms with van der Waals surface area (Å²) in [4.78, 5) is 30.9. The summed E-state index contributed by atoms with van der Waals surface area (Å²) < 4.78 is 1.75. The molecule has 0 aliphatic carbocycles. The first kappa shape index (κ1) is 14.9. The number of imidazole rings is 1. The zero-order valence-corrected chi connectivity index (χ0v) is 12.6. The van der Waals surface area contributed by atoms with Gasteiger partial charge in [0.05, 0.1) is 12.7 Å². The number of anilines is 1. The number of H-pyrrole nitrogens is 1. The Morgan fingerprint density at radius 3 is 2.78 bits per heavy atom. The molecule has 1 aliphatic rings. The zero-order valence-electron chi connectivity index (χ0n) is 12.6. The van der Waals surface area contributed by atoms with Gasteiger partial charge >= 0.3 is 6.09 Å². The Balaban J connectivity index is 2.00. The molecule has 0 spiro atoms. The smallest absolute Gasteiger partial charge is 0.407 e. The predicted octanol–water partition coefficient (Wildman–Crippen LogP) is -0.0571. The fourth-order valence-electron chi connectivity index (χ4n) is 2.64. The summed E-state index contributed by atoms with van der Waals surface area (Å²) >= 11 is 0. The first-order valence-corrected chi connectivity index (χ1v) is 7.18. The summed E-state index contributed by atoms with van der Waals surface area (Å²) in [5.74, 6) is 6.37. The van der Waals surface area contributed by atoms with Crippen LogP contribution in [-0.4, -0.2) is 62.0 Å².